The number of nitrogens with one attached hydrogen (secondary N) is 2. The van der Waals surface area contributed by atoms with Crippen LogP contribution in [0.3, 0.4) is 0 Å². The lowest BCUT2D eigenvalue weighted by Crippen LogP contribution is -2.14. The topological polar surface area (TPSA) is 136 Å². The van der Waals surface area contributed by atoms with Crippen LogP contribution in [0.5, 0.6) is 11.5 Å². The zero-order valence-corrected chi connectivity index (χ0v) is 16.4. The van der Waals surface area contributed by atoms with Crippen molar-refractivity contribution in [2.75, 3.05) is 11.5 Å². The summed E-state index contributed by atoms with van der Waals surface area (Å²) in [6.07, 6.45) is 0. The lowest BCUT2D eigenvalue weighted by Gasteiger charge is -2.10. The molecule has 1 aliphatic heterocycles. The number of nitro groups is 1. The Bertz CT molecular complexity index is 1240. The van der Waals surface area contributed by atoms with Gasteiger partial charge in [0, 0.05) is 23.4 Å². The molecule has 0 fully saturated rings. The third-order valence-electron chi connectivity index (χ3n) is 4.26. The summed E-state index contributed by atoms with van der Waals surface area (Å²) in [5, 5.41) is 17.3. The largest absolute Gasteiger partial charge is 0.454 e. The summed E-state index contributed by atoms with van der Waals surface area (Å²) in [6, 6.07) is 8.30. The van der Waals surface area contributed by atoms with Crippen LogP contribution >= 0.6 is 11.6 Å². The molecule has 0 amide bonds. The fraction of sp³-hybridized carbons (Fsp3) is 0.118. The van der Waals surface area contributed by atoms with E-state index in [-0.39, 0.29) is 28.2 Å². The second-order valence-corrected chi connectivity index (χ2v) is 8.18. The Morgan fingerprint density at radius 2 is 1.97 bits per heavy atom. The summed E-state index contributed by atoms with van der Waals surface area (Å²) in [7, 11) is -4.16. The number of halogens is 1. The molecular formula is C17H13ClN4O6S. The summed E-state index contributed by atoms with van der Waals surface area (Å²) >= 11 is 5.97. The van der Waals surface area contributed by atoms with Gasteiger partial charge in [-0.1, -0.05) is 17.7 Å². The molecule has 0 saturated carbocycles. The minimum atomic E-state index is -4.16. The van der Waals surface area contributed by atoms with Crippen molar-refractivity contribution >= 4 is 33.1 Å². The van der Waals surface area contributed by atoms with E-state index in [2.05, 4.69) is 14.9 Å². The Kier molecular flexibility index (Phi) is 4.55. The van der Waals surface area contributed by atoms with Crippen LogP contribution in [0.1, 0.15) is 5.69 Å². The van der Waals surface area contributed by atoms with Crippen LogP contribution in [0.15, 0.2) is 41.3 Å². The van der Waals surface area contributed by atoms with Crippen LogP contribution < -0.4 is 14.2 Å². The monoisotopic (exact) mass is 436 g/mol. The van der Waals surface area contributed by atoms with Gasteiger partial charge in [0.15, 0.2) is 17.3 Å². The molecule has 0 radical (unpaired) electrons. The molecule has 0 saturated heterocycles. The molecule has 10 nitrogen and oxygen atoms in total. The second-order valence-electron chi connectivity index (χ2n) is 6.12. The van der Waals surface area contributed by atoms with E-state index in [9.17, 15) is 18.5 Å². The molecule has 0 spiro atoms. The Balaban J connectivity index is 1.71. The molecule has 2 N–H and O–H groups in total. The van der Waals surface area contributed by atoms with Crippen LogP contribution in [0.2, 0.25) is 5.02 Å². The van der Waals surface area contributed by atoms with E-state index >= 15 is 0 Å². The quantitative estimate of drug-likeness (QED) is 0.461. The molecule has 1 aromatic heterocycles. The van der Waals surface area contributed by atoms with E-state index in [0.717, 1.165) is 18.2 Å². The first-order valence-corrected chi connectivity index (χ1v) is 10.0. The average molecular weight is 437 g/mol. The number of nitro benzene ring substituents is 1. The fourth-order valence-corrected chi connectivity index (χ4v) is 4.47. The predicted molar refractivity (Wildman–Crippen MR) is 104 cm³/mol. The van der Waals surface area contributed by atoms with Gasteiger partial charge in [-0.15, -0.1) is 0 Å². The maximum atomic E-state index is 12.8. The number of aromatic amines is 1. The van der Waals surface area contributed by atoms with Crippen LogP contribution in [-0.4, -0.2) is 30.3 Å². The molecule has 2 aromatic carbocycles. The van der Waals surface area contributed by atoms with Gasteiger partial charge in [0.25, 0.3) is 15.7 Å². The number of sulfonamides is 1. The molecule has 4 rings (SSSR count). The Morgan fingerprint density at radius 1 is 1.21 bits per heavy atom. The first-order chi connectivity index (χ1) is 13.8. The number of hydrogen-bond donors (Lipinski definition) is 2. The molecule has 12 heteroatoms. The number of rotatable bonds is 5. The van der Waals surface area contributed by atoms with Crippen molar-refractivity contribution in [2.45, 2.75) is 11.8 Å². The molecule has 1 aliphatic rings. The van der Waals surface area contributed by atoms with Crippen LogP contribution in [-0.2, 0) is 10.0 Å². The van der Waals surface area contributed by atoms with Gasteiger partial charge < -0.3 is 9.47 Å². The van der Waals surface area contributed by atoms with Crippen LogP contribution in [0.25, 0.3) is 11.1 Å². The number of fused-ring (bicyclic) bond motifs is 1. The van der Waals surface area contributed by atoms with Crippen LogP contribution in [0, 0.1) is 17.0 Å². The highest BCUT2D eigenvalue weighted by atomic mass is 35.5. The SMILES string of the molecule is Cc1[nH]nc(NS(=O)(=O)c2ccc([N+](=O)[O-])cc2Cl)c1-c1ccc2c(c1)OCO2. The number of benzene rings is 2. The number of nitrogens with zero attached hydrogens (tertiary/aromatic N) is 2. The highest BCUT2D eigenvalue weighted by Gasteiger charge is 2.25. The van der Waals surface area contributed by atoms with Crippen LogP contribution in [0.4, 0.5) is 11.5 Å². The van der Waals surface area contributed by atoms with Crippen molar-refractivity contribution in [2.24, 2.45) is 0 Å². The molecule has 0 bridgehead atoms. The number of anilines is 1. The number of aromatic nitrogens is 2. The standard InChI is InChI=1S/C17H13ClN4O6S/c1-9-16(10-2-4-13-14(6-10)28-8-27-13)17(20-19-9)21-29(25,26)15-5-3-11(22(23)24)7-12(15)18/h2-7H,8H2,1H3,(H2,19,20,21). The Hall–Kier alpha value is -3.31. The number of H-pyrrole nitrogens is 1. The predicted octanol–water partition coefficient (Wildman–Crippen LogP) is 3.48. The molecule has 0 unspecified atom stereocenters. The van der Waals surface area contributed by atoms with E-state index in [0.29, 0.717) is 28.3 Å². The molecule has 3 aromatic rings. The van der Waals surface area contributed by atoms with Gasteiger partial charge in [0.1, 0.15) is 4.90 Å². The maximum Gasteiger partial charge on any atom is 0.271 e. The van der Waals surface area contributed by atoms with E-state index in [1.807, 2.05) is 0 Å². The molecular weight excluding hydrogens is 424 g/mol. The smallest absolute Gasteiger partial charge is 0.271 e. The molecule has 0 atom stereocenters. The van der Waals surface area contributed by atoms with Gasteiger partial charge in [-0.2, -0.15) is 5.10 Å². The van der Waals surface area contributed by atoms with E-state index in [1.165, 1.54) is 0 Å². The normalized spacial score (nSPS) is 12.8. The minimum absolute atomic E-state index is 0.0517. The van der Waals surface area contributed by atoms with E-state index < -0.39 is 14.9 Å². The summed E-state index contributed by atoms with van der Waals surface area (Å²) in [4.78, 5) is 9.87. The highest BCUT2D eigenvalue weighted by molar-refractivity contribution is 7.92. The van der Waals surface area contributed by atoms with Gasteiger partial charge in [-0.25, -0.2) is 8.42 Å². The van der Waals surface area contributed by atoms with Crippen molar-refractivity contribution < 1.29 is 22.8 Å². The third-order valence-corrected chi connectivity index (χ3v) is 6.08. The molecule has 2 heterocycles. The van der Waals surface area contributed by atoms with Gasteiger partial charge >= 0.3 is 0 Å². The van der Waals surface area contributed by atoms with Crippen molar-refractivity contribution in [3.8, 4) is 22.6 Å². The third kappa shape index (κ3) is 3.45. The van der Waals surface area contributed by atoms with Crippen molar-refractivity contribution in [1.82, 2.24) is 10.2 Å². The number of ether oxygens (including phenoxy) is 2. The van der Waals surface area contributed by atoms with E-state index in [1.54, 1.807) is 25.1 Å². The van der Waals surface area contributed by atoms with Crippen molar-refractivity contribution in [1.29, 1.82) is 0 Å². The van der Waals surface area contributed by atoms with E-state index in [4.69, 9.17) is 21.1 Å². The summed E-state index contributed by atoms with van der Waals surface area (Å²) in [6.45, 7) is 1.85. The lowest BCUT2D eigenvalue weighted by atomic mass is 10.1. The Labute approximate surface area is 169 Å². The van der Waals surface area contributed by atoms with Crippen molar-refractivity contribution in [3.63, 3.8) is 0 Å². The zero-order valence-electron chi connectivity index (χ0n) is 14.8. The molecule has 29 heavy (non-hydrogen) atoms. The molecule has 0 aliphatic carbocycles. The highest BCUT2D eigenvalue weighted by Crippen LogP contribution is 2.39. The first-order valence-electron chi connectivity index (χ1n) is 8.18. The average Bonchev–Trinajstić information content (AvgIpc) is 3.26. The second kappa shape index (κ2) is 6.94. The summed E-state index contributed by atoms with van der Waals surface area (Å²) < 4.78 is 38.7. The summed E-state index contributed by atoms with van der Waals surface area (Å²) in [5.41, 5.74) is 1.49. The minimum Gasteiger partial charge on any atom is -0.454 e. The number of hydrogen-bond acceptors (Lipinski definition) is 7. The maximum absolute atomic E-state index is 12.8. The van der Waals surface area contributed by atoms with Gasteiger partial charge in [-0.05, 0) is 30.7 Å². The first kappa shape index (κ1) is 19.0. The zero-order chi connectivity index (χ0) is 20.8. The van der Waals surface area contributed by atoms with Gasteiger partial charge in [0.05, 0.1) is 9.95 Å². The lowest BCUT2D eigenvalue weighted by molar-refractivity contribution is -0.384. The fourth-order valence-electron chi connectivity index (χ4n) is 2.91. The van der Waals surface area contributed by atoms with Gasteiger partial charge in [0.2, 0.25) is 6.79 Å². The van der Waals surface area contributed by atoms with Crippen molar-refractivity contribution in [3.05, 3.63) is 57.2 Å². The Morgan fingerprint density at radius 3 is 2.69 bits per heavy atom. The number of non-ortho nitro benzene ring substituents is 1. The number of aryl methyl sites for hydroxylation is 1. The summed E-state index contributed by atoms with van der Waals surface area (Å²) in [5.74, 6) is 1.18. The van der Waals surface area contributed by atoms with Gasteiger partial charge in [-0.3, -0.25) is 19.9 Å². The molecule has 150 valence electrons.